The molecule has 0 spiro atoms. The van der Waals surface area contributed by atoms with Crippen LogP contribution in [0.1, 0.15) is 29.4 Å². The fraction of sp³-hybridized carbons (Fsp3) is 0.273. The van der Waals surface area contributed by atoms with Crippen molar-refractivity contribution in [1.82, 2.24) is 15.1 Å². The number of aromatic nitrogens is 2. The molecule has 0 aliphatic heterocycles. The minimum Gasteiger partial charge on any atom is -0.497 e. The van der Waals surface area contributed by atoms with Gasteiger partial charge in [-0.25, -0.2) is 0 Å². The molecular formula is C22H25N3O2. The first-order chi connectivity index (χ1) is 13.1. The van der Waals surface area contributed by atoms with Crippen LogP contribution in [0.25, 0.3) is 11.3 Å². The Bertz CT molecular complexity index is 903. The van der Waals surface area contributed by atoms with Crippen LogP contribution in [-0.2, 0) is 13.5 Å². The van der Waals surface area contributed by atoms with Gasteiger partial charge < -0.3 is 10.1 Å². The highest BCUT2D eigenvalue weighted by atomic mass is 16.5. The van der Waals surface area contributed by atoms with Crippen molar-refractivity contribution in [2.75, 3.05) is 7.11 Å². The van der Waals surface area contributed by atoms with Crippen molar-refractivity contribution in [3.05, 3.63) is 71.9 Å². The monoisotopic (exact) mass is 363 g/mol. The Morgan fingerprint density at radius 2 is 1.93 bits per heavy atom. The number of ether oxygens (including phenoxy) is 1. The summed E-state index contributed by atoms with van der Waals surface area (Å²) < 4.78 is 6.88. The van der Waals surface area contributed by atoms with Crippen molar-refractivity contribution in [3.8, 4) is 17.0 Å². The van der Waals surface area contributed by atoms with Crippen LogP contribution in [0.5, 0.6) is 5.75 Å². The molecule has 140 valence electrons. The second-order valence-corrected chi connectivity index (χ2v) is 6.67. The van der Waals surface area contributed by atoms with Crippen LogP contribution in [0.4, 0.5) is 0 Å². The minimum absolute atomic E-state index is 0.0767. The van der Waals surface area contributed by atoms with E-state index < -0.39 is 0 Å². The summed E-state index contributed by atoms with van der Waals surface area (Å²) in [5.74, 6) is 0.651. The molecule has 1 aromatic heterocycles. The predicted octanol–water partition coefficient (Wildman–Crippen LogP) is 3.85. The number of rotatable bonds is 7. The Kier molecular flexibility index (Phi) is 5.91. The molecule has 2 aromatic carbocycles. The molecule has 27 heavy (non-hydrogen) atoms. The van der Waals surface area contributed by atoms with E-state index in [4.69, 9.17) is 4.74 Å². The van der Waals surface area contributed by atoms with E-state index in [0.29, 0.717) is 5.69 Å². The van der Waals surface area contributed by atoms with Gasteiger partial charge >= 0.3 is 0 Å². The number of amides is 1. The molecule has 3 rings (SSSR count). The third-order valence-corrected chi connectivity index (χ3v) is 4.56. The van der Waals surface area contributed by atoms with Crippen LogP contribution >= 0.6 is 0 Å². The summed E-state index contributed by atoms with van der Waals surface area (Å²) in [6, 6.07) is 19.8. The van der Waals surface area contributed by atoms with Gasteiger partial charge in [0.15, 0.2) is 0 Å². The molecule has 1 atom stereocenters. The maximum Gasteiger partial charge on any atom is 0.269 e. The lowest BCUT2D eigenvalue weighted by atomic mass is 10.1. The normalized spacial score (nSPS) is 11.8. The van der Waals surface area contributed by atoms with Gasteiger partial charge in [-0.05, 0) is 43.5 Å². The van der Waals surface area contributed by atoms with E-state index in [1.165, 1.54) is 5.56 Å². The first-order valence-corrected chi connectivity index (χ1v) is 9.10. The van der Waals surface area contributed by atoms with Crippen molar-refractivity contribution in [3.63, 3.8) is 0 Å². The molecule has 0 aliphatic rings. The lowest BCUT2D eigenvalue weighted by Crippen LogP contribution is -2.34. The van der Waals surface area contributed by atoms with E-state index in [1.54, 1.807) is 18.8 Å². The number of carbonyl (C=O) groups excluding carboxylic acids is 1. The van der Waals surface area contributed by atoms with Crippen molar-refractivity contribution >= 4 is 5.91 Å². The first kappa shape index (κ1) is 18.7. The smallest absolute Gasteiger partial charge is 0.269 e. The Morgan fingerprint density at radius 1 is 1.15 bits per heavy atom. The summed E-state index contributed by atoms with van der Waals surface area (Å²) >= 11 is 0. The van der Waals surface area contributed by atoms with Gasteiger partial charge in [-0.1, -0.05) is 42.5 Å². The van der Waals surface area contributed by atoms with Crippen molar-refractivity contribution < 1.29 is 9.53 Å². The standard InChI is InChI=1S/C22H25N3O2/c1-16(12-13-17-8-5-4-6-9-17)23-22(26)21-15-20(24-25(21)2)18-10-7-11-19(14-18)27-3/h4-11,14-16H,12-13H2,1-3H3,(H,23,26). The number of nitrogens with zero attached hydrogens (tertiary/aromatic N) is 2. The van der Waals surface area contributed by atoms with Crippen molar-refractivity contribution in [2.45, 2.75) is 25.8 Å². The van der Waals surface area contributed by atoms with E-state index in [0.717, 1.165) is 29.8 Å². The molecule has 5 nitrogen and oxygen atoms in total. The summed E-state index contributed by atoms with van der Waals surface area (Å²) in [5.41, 5.74) is 3.48. The van der Waals surface area contributed by atoms with Crippen LogP contribution in [0.2, 0.25) is 0 Å². The lowest BCUT2D eigenvalue weighted by Gasteiger charge is -2.13. The zero-order chi connectivity index (χ0) is 19.2. The Hall–Kier alpha value is -3.08. The quantitative estimate of drug-likeness (QED) is 0.694. The molecule has 1 N–H and O–H groups in total. The van der Waals surface area contributed by atoms with Crippen LogP contribution in [-0.4, -0.2) is 28.8 Å². The number of benzene rings is 2. The minimum atomic E-state index is -0.111. The maximum absolute atomic E-state index is 12.7. The highest BCUT2D eigenvalue weighted by molar-refractivity contribution is 5.93. The number of methoxy groups -OCH3 is 1. The molecule has 1 amide bonds. The summed E-state index contributed by atoms with van der Waals surface area (Å²) in [6.45, 7) is 2.03. The summed E-state index contributed by atoms with van der Waals surface area (Å²) in [6.07, 6.45) is 1.82. The van der Waals surface area contributed by atoms with E-state index in [1.807, 2.05) is 55.5 Å². The predicted molar refractivity (Wildman–Crippen MR) is 107 cm³/mol. The number of carbonyl (C=O) groups is 1. The Balaban J connectivity index is 1.65. The number of nitrogens with one attached hydrogen (secondary N) is 1. The zero-order valence-corrected chi connectivity index (χ0v) is 16.0. The fourth-order valence-electron chi connectivity index (χ4n) is 3.00. The molecule has 0 aliphatic carbocycles. The number of hydrogen-bond acceptors (Lipinski definition) is 3. The van der Waals surface area contributed by atoms with Gasteiger partial charge in [-0.15, -0.1) is 0 Å². The third-order valence-electron chi connectivity index (χ3n) is 4.56. The topological polar surface area (TPSA) is 56.1 Å². The summed E-state index contributed by atoms with van der Waals surface area (Å²) in [7, 11) is 3.42. The van der Waals surface area contributed by atoms with Crippen LogP contribution in [0.3, 0.4) is 0 Å². The van der Waals surface area contributed by atoms with Crippen molar-refractivity contribution in [2.24, 2.45) is 7.05 Å². The molecule has 1 heterocycles. The fourth-order valence-corrected chi connectivity index (χ4v) is 3.00. The first-order valence-electron chi connectivity index (χ1n) is 9.10. The Morgan fingerprint density at radius 3 is 2.67 bits per heavy atom. The second kappa shape index (κ2) is 8.54. The van der Waals surface area contributed by atoms with Gasteiger partial charge in [0.05, 0.1) is 12.8 Å². The molecule has 5 heteroatoms. The highest BCUT2D eigenvalue weighted by Crippen LogP contribution is 2.23. The lowest BCUT2D eigenvalue weighted by molar-refractivity contribution is 0.0929. The van der Waals surface area contributed by atoms with Crippen LogP contribution in [0, 0.1) is 0 Å². The van der Waals surface area contributed by atoms with Gasteiger partial charge in [0.25, 0.3) is 5.91 Å². The SMILES string of the molecule is COc1cccc(-c2cc(C(=O)NC(C)CCc3ccccc3)n(C)n2)c1. The molecule has 0 saturated heterocycles. The molecule has 3 aromatic rings. The second-order valence-electron chi connectivity index (χ2n) is 6.67. The third kappa shape index (κ3) is 4.76. The molecule has 0 radical (unpaired) electrons. The van der Waals surface area contributed by atoms with Gasteiger partial charge in [-0.2, -0.15) is 5.10 Å². The molecule has 1 unspecified atom stereocenters. The van der Waals surface area contributed by atoms with Gasteiger partial charge in [-0.3, -0.25) is 9.48 Å². The van der Waals surface area contributed by atoms with Crippen LogP contribution in [0.15, 0.2) is 60.7 Å². The summed E-state index contributed by atoms with van der Waals surface area (Å²) in [4.78, 5) is 12.7. The van der Waals surface area contributed by atoms with E-state index in [9.17, 15) is 4.79 Å². The zero-order valence-electron chi connectivity index (χ0n) is 16.0. The van der Waals surface area contributed by atoms with E-state index in [-0.39, 0.29) is 11.9 Å². The van der Waals surface area contributed by atoms with Crippen molar-refractivity contribution in [1.29, 1.82) is 0 Å². The summed E-state index contributed by atoms with van der Waals surface area (Å²) in [5, 5.41) is 7.55. The Labute approximate surface area is 160 Å². The number of aryl methyl sites for hydroxylation is 2. The van der Waals surface area contributed by atoms with Gasteiger partial charge in [0.2, 0.25) is 0 Å². The number of hydrogen-bond donors (Lipinski definition) is 1. The average Bonchev–Trinajstić information content (AvgIpc) is 3.09. The van der Waals surface area contributed by atoms with Crippen LogP contribution < -0.4 is 10.1 Å². The largest absolute Gasteiger partial charge is 0.497 e. The molecular weight excluding hydrogens is 338 g/mol. The van der Waals surface area contributed by atoms with Gasteiger partial charge in [0.1, 0.15) is 11.4 Å². The molecule has 0 bridgehead atoms. The molecule has 0 saturated carbocycles. The maximum atomic E-state index is 12.7. The molecule has 0 fully saturated rings. The van der Waals surface area contributed by atoms with E-state index in [2.05, 4.69) is 22.5 Å². The van der Waals surface area contributed by atoms with E-state index >= 15 is 0 Å². The average molecular weight is 363 g/mol. The highest BCUT2D eigenvalue weighted by Gasteiger charge is 2.16. The van der Waals surface area contributed by atoms with Gasteiger partial charge in [0, 0.05) is 18.7 Å².